The topological polar surface area (TPSA) is 63.5 Å². The molecule has 3 heterocycles. The molecule has 1 aromatic rings. The van der Waals surface area contributed by atoms with Crippen molar-refractivity contribution < 1.29 is 9.53 Å². The molecule has 3 aliphatic rings. The number of nitrogens with zero attached hydrogens (tertiary/aromatic N) is 5. The molecule has 0 N–H and O–H groups in total. The molecule has 2 saturated heterocycles. The second-order valence-corrected chi connectivity index (χ2v) is 8.76. The van der Waals surface area contributed by atoms with Crippen LogP contribution in [0.1, 0.15) is 57.8 Å². The SMILES string of the molecule is O=C(CCn1cncn1)N(CC1CCN(C2CCCC2)CC1)CC1CCCO1. The van der Waals surface area contributed by atoms with E-state index in [-0.39, 0.29) is 12.0 Å². The molecule has 1 aromatic heterocycles. The van der Waals surface area contributed by atoms with Crippen molar-refractivity contribution in [1.29, 1.82) is 0 Å². The van der Waals surface area contributed by atoms with E-state index in [9.17, 15) is 4.79 Å². The van der Waals surface area contributed by atoms with E-state index < -0.39 is 0 Å². The van der Waals surface area contributed by atoms with Crippen LogP contribution in [0.3, 0.4) is 0 Å². The van der Waals surface area contributed by atoms with Gasteiger partial charge < -0.3 is 14.5 Å². The Balaban J connectivity index is 1.28. The van der Waals surface area contributed by atoms with E-state index in [0.29, 0.717) is 18.9 Å². The van der Waals surface area contributed by atoms with Crippen molar-refractivity contribution in [2.45, 2.75) is 76.5 Å². The van der Waals surface area contributed by atoms with Gasteiger partial charge in [-0.05, 0) is 57.5 Å². The minimum Gasteiger partial charge on any atom is -0.376 e. The molecule has 1 unspecified atom stereocenters. The maximum Gasteiger partial charge on any atom is 0.224 e. The zero-order chi connectivity index (χ0) is 19.2. The zero-order valence-corrected chi connectivity index (χ0v) is 17.0. The number of ether oxygens (including phenoxy) is 1. The monoisotopic (exact) mass is 389 g/mol. The minimum atomic E-state index is 0.217. The lowest BCUT2D eigenvalue weighted by molar-refractivity contribution is -0.134. The number of hydrogen-bond acceptors (Lipinski definition) is 5. The number of aryl methyl sites for hydroxylation is 1. The Morgan fingerprint density at radius 3 is 2.57 bits per heavy atom. The zero-order valence-electron chi connectivity index (χ0n) is 17.0. The first kappa shape index (κ1) is 19.8. The van der Waals surface area contributed by atoms with Gasteiger partial charge in [-0.25, -0.2) is 4.98 Å². The standard InChI is InChI=1S/C21H35N5O2/c27-21(9-12-26-17-22-16-23-26)25(15-20-6-3-13-28-20)14-18-7-10-24(11-8-18)19-4-1-2-5-19/h16-20H,1-15H2. The van der Waals surface area contributed by atoms with E-state index >= 15 is 0 Å². The van der Waals surface area contributed by atoms with Crippen LogP contribution in [0.25, 0.3) is 0 Å². The summed E-state index contributed by atoms with van der Waals surface area (Å²) in [4.78, 5) is 21.7. The lowest BCUT2D eigenvalue weighted by atomic mass is 9.94. The van der Waals surface area contributed by atoms with E-state index in [1.807, 2.05) is 0 Å². The number of likely N-dealkylation sites (tertiary alicyclic amines) is 1. The summed E-state index contributed by atoms with van der Waals surface area (Å²) in [6.45, 7) is 5.48. The third-order valence-corrected chi connectivity index (χ3v) is 6.79. The number of hydrogen-bond donors (Lipinski definition) is 0. The van der Waals surface area contributed by atoms with Gasteiger partial charge in [0, 0.05) is 32.2 Å². The molecule has 7 heteroatoms. The Hall–Kier alpha value is -1.47. The van der Waals surface area contributed by atoms with Crippen molar-refractivity contribution in [2.75, 3.05) is 32.8 Å². The van der Waals surface area contributed by atoms with E-state index in [2.05, 4.69) is 19.9 Å². The van der Waals surface area contributed by atoms with E-state index in [1.165, 1.54) is 57.9 Å². The van der Waals surface area contributed by atoms with Gasteiger partial charge in [0.2, 0.25) is 5.91 Å². The van der Waals surface area contributed by atoms with Gasteiger partial charge in [0.25, 0.3) is 0 Å². The number of aromatic nitrogens is 3. The van der Waals surface area contributed by atoms with Crippen LogP contribution in [-0.4, -0.2) is 75.4 Å². The molecule has 1 atom stereocenters. The Morgan fingerprint density at radius 2 is 1.89 bits per heavy atom. The van der Waals surface area contributed by atoms with Crippen LogP contribution < -0.4 is 0 Å². The van der Waals surface area contributed by atoms with E-state index in [1.54, 1.807) is 11.0 Å². The second-order valence-electron chi connectivity index (χ2n) is 8.76. The summed E-state index contributed by atoms with van der Waals surface area (Å²) < 4.78 is 7.57. The van der Waals surface area contributed by atoms with Crippen molar-refractivity contribution in [3.8, 4) is 0 Å². The van der Waals surface area contributed by atoms with Crippen LogP contribution in [0.5, 0.6) is 0 Å². The quantitative estimate of drug-likeness (QED) is 0.683. The highest BCUT2D eigenvalue weighted by Crippen LogP contribution is 2.28. The Bertz CT molecular complexity index is 588. The molecular weight excluding hydrogens is 354 g/mol. The fraction of sp³-hybridized carbons (Fsp3) is 0.857. The summed E-state index contributed by atoms with van der Waals surface area (Å²) in [6, 6.07) is 0.827. The van der Waals surface area contributed by atoms with Gasteiger partial charge in [-0.15, -0.1) is 0 Å². The van der Waals surface area contributed by atoms with Crippen molar-refractivity contribution in [3.63, 3.8) is 0 Å². The largest absolute Gasteiger partial charge is 0.376 e. The van der Waals surface area contributed by atoms with Crippen LogP contribution >= 0.6 is 0 Å². The predicted molar refractivity (Wildman–Crippen MR) is 107 cm³/mol. The maximum absolute atomic E-state index is 13.0. The van der Waals surface area contributed by atoms with Crippen LogP contribution in [0.2, 0.25) is 0 Å². The summed E-state index contributed by atoms with van der Waals surface area (Å²) >= 11 is 0. The van der Waals surface area contributed by atoms with Gasteiger partial charge in [-0.2, -0.15) is 5.10 Å². The van der Waals surface area contributed by atoms with Gasteiger partial charge in [-0.3, -0.25) is 9.48 Å². The van der Waals surface area contributed by atoms with Crippen molar-refractivity contribution in [2.24, 2.45) is 5.92 Å². The highest BCUT2D eigenvalue weighted by molar-refractivity contribution is 5.76. The highest BCUT2D eigenvalue weighted by atomic mass is 16.5. The Labute approximate surface area is 168 Å². The summed E-state index contributed by atoms with van der Waals surface area (Å²) in [5.74, 6) is 0.846. The molecule has 0 bridgehead atoms. The molecule has 1 amide bonds. The normalized spacial score (nSPS) is 24.8. The van der Waals surface area contributed by atoms with Crippen LogP contribution in [0.4, 0.5) is 0 Å². The van der Waals surface area contributed by atoms with Gasteiger partial charge in [-0.1, -0.05) is 12.8 Å². The summed E-state index contributed by atoms with van der Waals surface area (Å²) in [7, 11) is 0. The smallest absolute Gasteiger partial charge is 0.224 e. The lowest BCUT2D eigenvalue weighted by Crippen LogP contribution is -2.45. The first-order valence-electron chi connectivity index (χ1n) is 11.2. The van der Waals surface area contributed by atoms with Crippen molar-refractivity contribution >= 4 is 5.91 Å². The number of amides is 1. The van der Waals surface area contributed by atoms with E-state index in [4.69, 9.17) is 4.74 Å². The molecule has 1 aliphatic carbocycles. The number of rotatable bonds is 8. The average molecular weight is 390 g/mol. The summed E-state index contributed by atoms with van der Waals surface area (Å²) in [6.07, 6.45) is 14.1. The summed E-state index contributed by atoms with van der Waals surface area (Å²) in [5.41, 5.74) is 0. The minimum absolute atomic E-state index is 0.217. The fourth-order valence-corrected chi connectivity index (χ4v) is 5.11. The third-order valence-electron chi connectivity index (χ3n) is 6.79. The first-order valence-corrected chi connectivity index (χ1v) is 11.2. The third kappa shape index (κ3) is 5.32. The maximum atomic E-state index is 13.0. The molecular formula is C21H35N5O2. The van der Waals surface area contributed by atoms with Crippen LogP contribution in [0.15, 0.2) is 12.7 Å². The van der Waals surface area contributed by atoms with Gasteiger partial charge in [0.15, 0.2) is 0 Å². The molecule has 0 radical (unpaired) electrons. The molecule has 2 aliphatic heterocycles. The molecule has 0 aromatic carbocycles. The average Bonchev–Trinajstić information content (AvgIpc) is 3.50. The predicted octanol–water partition coefficient (Wildman–Crippen LogP) is 2.33. The molecule has 156 valence electrons. The number of piperidine rings is 1. The molecule has 3 fully saturated rings. The second kappa shape index (κ2) is 9.83. The Morgan fingerprint density at radius 1 is 1.07 bits per heavy atom. The Kier molecular flexibility index (Phi) is 6.96. The first-order chi connectivity index (χ1) is 13.8. The highest BCUT2D eigenvalue weighted by Gasteiger charge is 2.30. The molecule has 28 heavy (non-hydrogen) atoms. The molecule has 4 rings (SSSR count). The number of carbonyl (C=O) groups is 1. The lowest BCUT2D eigenvalue weighted by Gasteiger charge is -2.38. The van der Waals surface area contributed by atoms with Crippen molar-refractivity contribution in [3.05, 3.63) is 12.7 Å². The van der Waals surface area contributed by atoms with Crippen molar-refractivity contribution in [1.82, 2.24) is 24.6 Å². The molecule has 7 nitrogen and oxygen atoms in total. The fourth-order valence-electron chi connectivity index (χ4n) is 5.11. The van der Waals surface area contributed by atoms with Gasteiger partial charge >= 0.3 is 0 Å². The molecule has 1 saturated carbocycles. The van der Waals surface area contributed by atoms with Gasteiger partial charge in [0.1, 0.15) is 12.7 Å². The molecule has 0 spiro atoms. The van der Waals surface area contributed by atoms with Gasteiger partial charge in [0.05, 0.1) is 12.6 Å². The van der Waals surface area contributed by atoms with Crippen LogP contribution in [0, 0.1) is 5.92 Å². The van der Waals surface area contributed by atoms with E-state index in [0.717, 1.165) is 38.6 Å². The number of carbonyl (C=O) groups excluding carboxylic acids is 1. The van der Waals surface area contributed by atoms with Crippen LogP contribution in [-0.2, 0) is 16.1 Å². The summed E-state index contributed by atoms with van der Waals surface area (Å²) in [5, 5.41) is 4.12.